The van der Waals surface area contributed by atoms with E-state index < -0.39 is 0 Å². The van der Waals surface area contributed by atoms with Gasteiger partial charge in [0.05, 0.1) is 12.4 Å². The molecule has 0 aliphatic carbocycles. The summed E-state index contributed by atoms with van der Waals surface area (Å²) < 4.78 is 5.41. The van der Waals surface area contributed by atoms with Gasteiger partial charge in [0, 0.05) is 31.5 Å². The minimum atomic E-state index is 0.518. The van der Waals surface area contributed by atoms with Crippen LogP contribution in [0, 0.1) is 5.92 Å². The van der Waals surface area contributed by atoms with Crippen molar-refractivity contribution in [3.05, 3.63) is 0 Å². The second-order valence-corrected chi connectivity index (χ2v) is 4.70. The fourth-order valence-corrected chi connectivity index (χ4v) is 2.32. The van der Waals surface area contributed by atoms with Crippen molar-refractivity contribution in [3.8, 4) is 0 Å². The summed E-state index contributed by atoms with van der Waals surface area (Å²) in [6.45, 7) is 5.12. The Bertz CT molecular complexity index is 222. The van der Waals surface area contributed by atoms with Crippen LogP contribution in [-0.4, -0.2) is 31.6 Å². The Labute approximate surface area is 92.3 Å². The second-order valence-electron chi connectivity index (χ2n) is 4.70. The van der Waals surface area contributed by atoms with Crippen LogP contribution in [0.5, 0.6) is 0 Å². The van der Waals surface area contributed by atoms with Gasteiger partial charge in [-0.2, -0.15) is 0 Å². The smallest absolute Gasteiger partial charge is 0.0965 e. The summed E-state index contributed by atoms with van der Waals surface area (Å²) >= 11 is 0. The topological polar surface area (TPSA) is 33.6 Å². The Morgan fingerprint density at radius 3 is 3.13 bits per heavy atom. The van der Waals surface area contributed by atoms with Crippen LogP contribution in [0.25, 0.3) is 0 Å². The average Bonchev–Trinajstić information content (AvgIpc) is 2.65. The third-order valence-corrected chi connectivity index (χ3v) is 3.44. The molecule has 1 fully saturated rings. The second kappa shape index (κ2) is 5.50. The number of hydrogen-bond acceptors (Lipinski definition) is 3. The average molecular weight is 210 g/mol. The van der Waals surface area contributed by atoms with E-state index in [2.05, 4.69) is 17.2 Å². The van der Waals surface area contributed by atoms with Crippen LogP contribution in [0.2, 0.25) is 0 Å². The van der Waals surface area contributed by atoms with Gasteiger partial charge in [-0.05, 0) is 26.2 Å². The molecule has 2 rings (SSSR count). The predicted molar refractivity (Wildman–Crippen MR) is 62.3 cm³/mol. The molecular formula is C12H22N2O. The summed E-state index contributed by atoms with van der Waals surface area (Å²) in [5.41, 5.74) is 0. The van der Waals surface area contributed by atoms with Crippen LogP contribution in [0.1, 0.15) is 39.0 Å². The van der Waals surface area contributed by atoms with Crippen molar-refractivity contribution in [1.29, 1.82) is 0 Å². The molecule has 1 saturated heterocycles. The normalized spacial score (nSPS) is 29.4. The molecule has 2 aliphatic heterocycles. The molecule has 0 aromatic heterocycles. The van der Waals surface area contributed by atoms with Crippen LogP contribution in [0.3, 0.4) is 0 Å². The highest BCUT2D eigenvalue weighted by atomic mass is 16.5. The molecule has 3 nitrogen and oxygen atoms in total. The van der Waals surface area contributed by atoms with Gasteiger partial charge in [0.2, 0.25) is 0 Å². The van der Waals surface area contributed by atoms with Crippen LogP contribution in [0.15, 0.2) is 4.99 Å². The first-order chi connectivity index (χ1) is 7.36. The number of nitrogens with one attached hydrogen (secondary N) is 1. The lowest BCUT2D eigenvalue weighted by atomic mass is 10.0. The summed E-state index contributed by atoms with van der Waals surface area (Å²) in [7, 11) is 0. The van der Waals surface area contributed by atoms with Crippen LogP contribution in [0.4, 0.5) is 0 Å². The number of ether oxygens (including phenoxy) is 1. The molecule has 0 radical (unpaired) electrons. The highest BCUT2D eigenvalue weighted by Crippen LogP contribution is 2.17. The van der Waals surface area contributed by atoms with Gasteiger partial charge >= 0.3 is 0 Å². The molecular weight excluding hydrogens is 188 g/mol. The molecule has 0 aromatic rings. The fourth-order valence-electron chi connectivity index (χ4n) is 2.32. The first-order valence-corrected chi connectivity index (χ1v) is 6.24. The summed E-state index contributed by atoms with van der Waals surface area (Å²) in [5, 5.41) is 3.57. The summed E-state index contributed by atoms with van der Waals surface area (Å²) in [6.07, 6.45) is 6.21. The van der Waals surface area contributed by atoms with Crippen molar-refractivity contribution in [2.24, 2.45) is 10.9 Å². The molecule has 0 spiro atoms. The Morgan fingerprint density at radius 2 is 2.33 bits per heavy atom. The van der Waals surface area contributed by atoms with E-state index in [9.17, 15) is 0 Å². The summed E-state index contributed by atoms with van der Waals surface area (Å²) in [6, 6.07) is 0.518. The number of aliphatic imine (C=N–C) groups is 1. The van der Waals surface area contributed by atoms with E-state index in [0.29, 0.717) is 12.0 Å². The number of hydrogen-bond donors (Lipinski definition) is 1. The highest BCUT2D eigenvalue weighted by Gasteiger charge is 2.22. The van der Waals surface area contributed by atoms with Gasteiger partial charge in [0.15, 0.2) is 0 Å². The lowest BCUT2D eigenvalue weighted by Gasteiger charge is -2.21. The predicted octanol–water partition coefficient (Wildman–Crippen LogP) is 1.97. The quantitative estimate of drug-likeness (QED) is 0.756. The van der Waals surface area contributed by atoms with E-state index in [1.807, 2.05) is 0 Å². The molecule has 0 bridgehead atoms. The molecule has 2 heterocycles. The van der Waals surface area contributed by atoms with Crippen molar-refractivity contribution in [1.82, 2.24) is 5.32 Å². The zero-order valence-electron chi connectivity index (χ0n) is 9.67. The van der Waals surface area contributed by atoms with Crippen molar-refractivity contribution in [3.63, 3.8) is 0 Å². The first kappa shape index (κ1) is 10.9. The molecule has 1 N–H and O–H groups in total. The van der Waals surface area contributed by atoms with Crippen molar-refractivity contribution in [2.75, 3.05) is 19.8 Å². The third-order valence-electron chi connectivity index (χ3n) is 3.44. The van der Waals surface area contributed by atoms with E-state index in [4.69, 9.17) is 4.74 Å². The molecule has 2 atom stereocenters. The summed E-state index contributed by atoms with van der Waals surface area (Å²) in [5.74, 6) is 1.91. The zero-order valence-corrected chi connectivity index (χ0v) is 9.67. The van der Waals surface area contributed by atoms with Crippen LogP contribution < -0.4 is 5.32 Å². The maximum atomic E-state index is 5.41. The highest BCUT2D eigenvalue weighted by molar-refractivity contribution is 5.82. The minimum absolute atomic E-state index is 0.518. The Morgan fingerprint density at radius 1 is 1.40 bits per heavy atom. The number of nitrogens with zero attached hydrogens (tertiary/aromatic N) is 1. The van der Waals surface area contributed by atoms with E-state index >= 15 is 0 Å². The molecule has 0 aromatic carbocycles. The maximum Gasteiger partial charge on any atom is 0.0965 e. The Hall–Kier alpha value is -0.570. The lowest BCUT2D eigenvalue weighted by molar-refractivity contribution is 0.180. The van der Waals surface area contributed by atoms with Crippen molar-refractivity contribution in [2.45, 2.75) is 45.1 Å². The van der Waals surface area contributed by atoms with Gasteiger partial charge in [-0.3, -0.25) is 4.99 Å². The molecule has 15 heavy (non-hydrogen) atoms. The molecule has 0 saturated carbocycles. The maximum absolute atomic E-state index is 5.41. The first-order valence-electron chi connectivity index (χ1n) is 6.24. The van der Waals surface area contributed by atoms with E-state index in [0.717, 1.165) is 26.2 Å². The fraction of sp³-hybridized carbons (Fsp3) is 0.917. The summed E-state index contributed by atoms with van der Waals surface area (Å²) in [4.78, 5) is 4.60. The van der Waals surface area contributed by atoms with E-state index in [1.165, 1.54) is 31.5 Å². The molecule has 2 unspecified atom stereocenters. The van der Waals surface area contributed by atoms with E-state index in [-0.39, 0.29) is 0 Å². The van der Waals surface area contributed by atoms with Gasteiger partial charge in [-0.25, -0.2) is 0 Å². The molecule has 0 amide bonds. The largest absolute Gasteiger partial charge is 0.381 e. The van der Waals surface area contributed by atoms with Crippen molar-refractivity contribution >= 4 is 5.84 Å². The molecule has 86 valence electrons. The van der Waals surface area contributed by atoms with Crippen molar-refractivity contribution < 1.29 is 4.74 Å². The van der Waals surface area contributed by atoms with E-state index in [1.54, 1.807) is 0 Å². The lowest BCUT2D eigenvalue weighted by Crippen LogP contribution is -2.38. The third kappa shape index (κ3) is 3.20. The van der Waals surface area contributed by atoms with Gasteiger partial charge in [0.25, 0.3) is 0 Å². The molecule has 3 heteroatoms. The standard InChI is InChI=1S/C12H22N2O/c1-10(11-6-8-15-9-11)14-12-5-3-2-4-7-13-12/h10-11H,2-9H2,1H3,(H,13,14). The molecule has 2 aliphatic rings. The van der Waals surface area contributed by atoms with Gasteiger partial charge in [-0.15, -0.1) is 0 Å². The number of rotatable bonds is 2. The Balaban J connectivity index is 1.81. The Kier molecular flexibility index (Phi) is 4.01. The number of amidine groups is 1. The minimum Gasteiger partial charge on any atom is -0.381 e. The SMILES string of the molecule is CC(NC1=NCCCCC1)C1CCOC1. The monoisotopic (exact) mass is 210 g/mol. The van der Waals surface area contributed by atoms with Gasteiger partial charge < -0.3 is 10.1 Å². The van der Waals surface area contributed by atoms with Gasteiger partial charge in [0.1, 0.15) is 0 Å². The van der Waals surface area contributed by atoms with Gasteiger partial charge in [-0.1, -0.05) is 6.42 Å². The zero-order chi connectivity index (χ0) is 10.5. The van der Waals surface area contributed by atoms with Crippen LogP contribution in [-0.2, 0) is 4.74 Å². The van der Waals surface area contributed by atoms with Crippen LogP contribution >= 0.6 is 0 Å².